The second-order valence-corrected chi connectivity index (χ2v) is 7.07. The molecule has 2 aromatic carbocycles. The minimum atomic E-state index is -0.438. The molecule has 2 heterocycles. The zero-order valence-electron chi connectivity index (χ0n) is 16.6. The first-order chi connectivity index (χ1) is 14.9. The standard InChI is InChI=1S/C24H18FN3O3/c1-15-7-12-19-23(31)20(22(30)16-5-3-2-4-6-16)13-28(24(19)26-15)14-21(29)27-18-10-8-17(25)9-11-18/h2-13H,14H2,1H3,(H,27,29). The molecule has 4 rings (SSSR count). The van der Waals surface area contributed by atoms with Crippen LogP contribution in [-0.4, -0.2) is 21.2 Å². The number of aromatic nitrogens is 2. The van der Waals surface area contributed by atoms with Crippen molar-refractivity contribution in [1.29, 1.82) is 0 Å². The minimum Gasteiger partial charge on any atom is -0.325 e. The molecule has 0 spiro atoms. The number of benzene rings is 2. The van der Waals surface area contributed by atoms with Gasteiger partial charge in [-0.2, -0.15) is 0 Å². The van der Waals surface area contributed by atoms with Crippen LogP contribution in [0, 0.1) is 12.7 Å². The molecule has 0 saturated heterocycles. The van der Waals surface area contributed by atoms with Crippen LogP contribution in [0.15, 0.2) is 77.7 Å². The number of amides is 1. The van der Waals surface area contributed by atoms with Crippen LogP contribution in [0.5, 0.6) is 0 Å². The second-order valence-electron chi connectivity index (χ2n) is 7.07. The second kappa shape index (κ2) is 8.31. The summed E-state index contributed by atoms with van der Waals surface area (Å²) in [5.74, 6) is -1.24. The third-order valence-electron chi connectivity index (χ3n) is 4.78. The molecule has 2 aromatic heterocycles. The van der Waals surface area contributed by atoms with Crippen LogP contribution in [0.3, 0.4) is 0 Å². The maximum atomic E-state index is 13.1. The van der Waals surface area contributed by atoms with E-state index in [0.717, 1.165) is 0 Å². The Morgan fingerprint density at radius 1 is 1.00 bits per heavy atom. The summed E-state index contributed by atoms with van der Waals surface area (Å²) in [6, 6.07) is 17.1. The zero-order chi connectivity index (χ0) is 22.0. The van der Waals surface area contributed by atoms with Crippen molar-refractivity contribution >= 4 is 28.4 Å². The summed E-state index contributed by atoms with van der Waals surface area (Å²) in [6.45, 7) is 1.59. The highest BCUT2D eigenvalue weighted by molar-refractivity contribution is 6.10. The molecule has 154 valence electrons. The molecular weight excluding hydrogens is 397 g/mol. The topological polar surface area (TPSA) is 81.1 Å². The molecule has 0 bridgehead atoms. The lowest BCUT2D eigenvalue weighted by Crippen LogP contribution is -2.25. The van der Waals surface area contributed by atoms with Crippen molar-refractivity contribution in [2.45, 2.75) is 13.5 Å². The molecule has 0 aliphatic rings. The van der Waals surface area contributed by atoms with E-state index in [1.165, 1.54) is 35.0 Å². The van der Waals surface area contributed by atoms with E-state index in [1.807, 2.05) is 0 Å². The number of carbonyl (C=O) groups excluding carboxylic acids is 2. The van der Waals surface area contributed by atoms with E-state index in [9.17, 15) is 18.8 Å². The molecule has 4 aromatic rings. The van der Waals surface area contributed by atoms with Crippen molar-refractivity contribution in [3.8, 4) is 0 Å². The number of halogens is 1. The summed E-state index contributed by atoms with van der Waals surface area (Å²) in [5.41, 5.74) is 1.30. The number of anilines is 1. The third-order valence-corrected chi connectivity index (χ3v) is 4.78. The maximum absolute atomic E-state index is 13.1. The van der Waals surface area contributed by atoms with Gasteiger partial charge in [0.25, 0.3) is 0 Å². The van der Waals surface area contributed by atoms with E-state index in [1.54, 1.807) is 49.4 Å². The number of carbonyl (C=O) groups is 2. The molecule has 0 atom stereocenters. The van der Waals surface area contributed by atoms with Crippen molar-refractivity contribution in [3.63, 3.8) is 0 Å². The Balaban J connectivity index is 1.76. The first kappa shape index (κ1) is 20.2. The highest BCUT2D eigenvalue weighted by atomic mass is 19.1. The van der Waals surface area contributed by atoms with E-state index in [0.29, 0.717) is 22.6 Å². The van der Waals surface area contributed by atoms with Gasteiger partial charge in [0.1, 0.15) is 18.0 Å². The number of fused-ring (bicyclic) bond motifs is 1. The third kappa shape index (κ3) is 4.25. The zero-order valence-corrected chi connectivity index (χ0v) is 16.6. The fourth-order valence-corrected chi connectivity index (χ4v) is 3.28. The molecule has 31 heavy (non-hydrogen) atoms. The molecule has 1 N–H and O–H groups in total. The Kier molecular flexibility index (Phi) is 5.41. The monoisotopic (exact) mass is 415 g/mol. The summed E-state index contributed by atoms with van der Waals surface area (Å²) in [6.07, 6.45) is 1.37. The van der Waals surface area contributed by atoms with Crippen molar-refractivity contribution in [2.24, 2.45) is 0 Å². The van der Waals surface area contributed by atoms with E-state index < -0.39 is 22.9 Å². The largest absolute Gasteiger partial charge is 0.325 e. The molecule has 0 saturated carbocycles. The maximum Gasteiger partial charge on any atom is 0.244 e. The van der Waals surface area contributed by atoms with Crippen LogP contribution >= 0.6 is 0 Å². The quantitative estimate of drug-likeness (QED) is 0.504. The molecule has 6 nitrogen and oxygen atoms in total. The van der Waals surface area contributed by atoms with E-state index in [-0.39, 0.29) is 17.5 Å². The van der Waals surface area contributed by atoms with Crippen molar-refractivity contribution < 1.29 is 14.0 Å². The van der Waals surface area contributed by atoms with Gasteiger partial charge < -0.3 is 9.88 Å². The molecule has 7 heteroatoms. The number of pyridine rings is 2. The molecule has 0 unspecified atom stereocenters. The Hall–Kier alpha value is -4.13. The highest BCUT2D eigenvalue weighted by Crippen LogP contribution is 2.15. The van der Waals surface area contributed by atoms with Gasteiger partial charge in [-0.15, -0.1) is 0 Å². The predicted octanol–water partition coefficient (Wildman–Crippen LogP) is 3.71. The van der Waals surface area contributed by atoms with Gasteiger partial charge in [-0.05, 0) is 43.3 Å². The lowest BCUT2D eigenvalue weighted by Gasteiger charge is -2.13. The summed E-state index contributed by atoms with van der Waals surface area (Å²) >= 11 is 0. The predicted molar refractivity (Wildman–Crippen MR) is 116 cm³/mol. The molecule has 0 fully saturated rings. The van der Waals surface area contributed by atoms with Gasteiger partial charge in [0.05, 0.1) is 10.9 Å². The Labute approximate surface area is 177 Å². The average Bonchev–Trinajstić information content (AvgIpc) is 2.77. The number of rotatable bonds is 5. The lowest BCUT2D eigenvalue weighted by molar-refractivity contribution is -0.116. The SMILES string of the molecule is Cc1ccc2c(=O)c(C(=O)c3ccccc3)cn(CC(=O)Nc3ccc(F)cc3)c2n1. The van der Waals surface area contributed by atoms with Crippen molar-refractivity contribution in [2.75, 3.05) is 5.32 Å². The van der Waals surface area contributed by atoms with Gasteiger partial charge in [0, 0.05) is 23.1 Å². The van der Waals surface area contributed by atoms with Gasteiger partial charge in [0.15, 0.2) is 5.78 Å². The first-order valence-corrected chi connectivity index (χ1v) is 9.58. The van der Waals surface area contributed by atoms with E-state index >= 15 is 0 Å². The van der Waals surface area contributed by atoms with Crippen LogP contribution < -0.4 is 10.7 Å². The Morgan fingerprint density at radius 2 is 1.71 bits per heavy atom. The molecule has 0 radical (unpaired) electrons. The van der Waals surface area contributed by atoms with Gasteiger partial charge in [0.2, 0.25) is 11.3 Å². The molecular formula is C24H18FN3O3. The van der Waals surface area contributed by atoms with E-state index in [4.69, 9.17) is 0 Å². The fraction of sp³-hybridized carbons (Fsp3) is 0.0833. The first-order valence-electron chi connectivity index (χ1n) is 9.58. The van der Waals surface area contributed by atoms with Crippen LogP contribution in [-0.2, 0) is 11.3 Å². The van der Waals surface area contributed by atoms with Crippen molar-refractivity contribution in [3.05, 3.63) is 106 Å². The summed E-state index contributed by atoms with van der Waals surface area (Å²) < 4.78 is 14.6. The van der Waals surface area contributed by atoms with E-state index in [2.05, 4.69) is 10.3 Å². The van der Waals surface area contributed by atoms with Crippen LogP contribution in [0.1, 0.15) is 21.6 Å². The van der Waals surface area contributed by atoms with Crippen LogP contribution in [0.25, 0.3) is 11.0 Å². The smallest absolute Gasteiger partial charge is 0.244 e. The number of nitrogens with one attached hydrogen (secondary N) is 1. The summed E-state index contributed by atoms with van der Waals surface area (Å²) in [4.78, 5) is 43.0. The Morgan fingerprint density at radius 3 is 2.42 bits per heavy atom. The fourth-order valence-electron chi connectivity index (χ4n) is 3.28. The van der Waals surface area contributed by atoms with Gasteiger partial charge in [-0.3, -0.25) is 14.4 Å². The van der Waals surface area contributed by atoms with Crippen molar-refractivity contribution in [1.82, 2.24) is 9.55 Å². The molecule has 0 aliphatic carbocycles. The van der Waals surface area contributed by atoms with Gasteiger partial charge >= 0.3 is 0 Å². The van der Waals surface area contributed by atoms with Crippen LogP contribution in [0.4, 0.5) is 10.1 Å². The lowest BCUT2D eigenvalue weighted by atomic mass is 10.0. The molecule has 1 amide bonds. The summed E-state index contributed by atoms with van der Waals surface area (Å²) in [7, 11) is 0. The number of ketones is 1. The summed E-state index contributed by atoms with van der Waals surface area (Å²) in [5, 5.41) is 2.93. The molecule has 0 aliphatic heterocycles. The van der Waals surface area contributed by atoms with Gasteiger partial charge in [-0.1, -0.05) is 30.3 Å². The number of hydrogen-bond acceptors (Lipinski definition) is 4. The number of aryl methyl sites for hydroxylation is 1. The minimum absolute atomic E-state index is 0.0427. The highest BCUT2D eigenvalue weighted by Gasteiger charge is 2.19. The average molecular weight is 415 g/mol. The number of nitrogens with zero attached hydrogens (tertiary/aromatic N) is 2. The normalized spacial score (nSPS) is 10.8. The Bertz CT molecular complexity index is 1350. The van der Waals surface area contributed by atoms with Crippen LogP contribution in [0.2, 0.25) is 0 Å². The van der Waals surface area contributed by atoms with Gasteiger partial charge in [-0.25, -0.2) is 9.37 Å². The number of hydrogen-bond donors (Lipinski definition) is 1.